The monoisotopic (exact) mass is 524 g/mol. The summed E-state index contributed by atoms with van der Waals surface area (Å²) in [4.78, 5) is 23.1. The fraction of sp³-hybridized carbons (Fsp3) is 0.758. The minimum absolute atomic E-state index is 0.0315. The van der Waals surface area contributed by atoms with Crippen LogP contribution in [-0.4, -0.2) is 34.7 Å². The van der Waals surface area contributed by atoms with Crippen molar-refractivity contribution < 1.29 is 24.5 Å². The summed E-state index contributed by atoms with van der Waals surface area (Å²) in [5.74, 6) is 3.34. The average molecular weight is 525 g/mol. The van der Waals surface area contributed by atoms with E-state index in [-0.39, 0.29) is 23.4 Å². The van der Waals surface area contributed by atoms with Gasteiger partial charge in [-0.3, -0.25) is 9.59 Å². The summed E-state index contributed by atoms with van der Waals surface area (Å²) in [6.45, 7) is 5.53. The minimum atomic E-state index is -0.708. The number of rotatable bonds is 10. The van der Waals surface area contributed by atoms with Crippen LogP contribution in [0.15, 0.2) is 24.3 Å². The van der Waals surface area contributed by atoms with Gasteiger partial charge in [-0.25, -0.2) is 0 Å². The summed E-state index contributed by atoms with van der Waals surface area (Å²) in [7, 11) is 0. The molecule has 0 heterocycles. The van der Waals surface area contributed by atoms with E-state index >= 15 is 0 Å². The Balaban J connectivity index is 1.26. The van der Waals surface area contributed by atoms with Crippen molar-refractivity contribution in [1.82, 2.24) is 0 Å². The fourth-order valence-corrected chi connectivity index (χ4v) is 9.29. The highest BCUT2D eigenvalue weighted by molar-refractivity contribution is 5.79. The Hall–Kier alpha value is -1.88. The average Bonchev–Trinajstić information content (AvgIpc) is 3.20. The second-order valence-corrected chi connectivity index (χ2v) is 13.5. The first kappa shape index (κ1) is 27.7. The van der Waals surface area contributed by atoms with E-state index in [9.17, 15) is 14.7 Å². The molecular formula is C33H48O5. The van der Waals surface area contributed by atoms with Crippen LogP contribution in [0.5, 0.6) is 5.75 Å². The molecule has 4 fully saturated rings. The third-order valence-corrected chi connectivity index (χ3v) is 11.6. The Morgan fingerprint density at radius 2 is 1.66 bits per heavy atom. The highest BCUT2D eigenvalue weighted by atomic mass is 16.5. The molecule has 4 saturated carbocycles. The number of Topliss-reactive ketones (excluding diaryl/α,β-unsaturated/α-hetero) is 1. The maximum absolute atomic E-state index is 12.5. The number of carbonyl (C=O) groups excluding carboxylic acids is 1. The van der Waals surface area contributed by atoms with Crippen LogP contribution in [0.25, 0.3) is 0 Å². The van der Waals surface area contributed by atoms with Crippen molar-refractivity contribution in [2.45, 2.75) is 116 Å². The van der Waals surface area contributed by atoms with E-state index in [0.717, 1.165) is 82.8 Å². The van der Waals surface area contributed by atoms with E-state index in [0.29, 0.717) is 42.0 Å². The number of ether oxygens (including phenoxy) is 1. The number of unbranched alkanes of at least 4 members (excludes halogenated alkanes) is 4. The van der Waals surface area contributed by atoms with Gasteiger partial charge in [0.2, 0.25) is 0 Å². The van der Waals surface area contributed by atoms with Gasteiger partial charge in [-0.05, 0) is 109 Å². The third-order valence-electron chi connectivity index (χ3n) is 11.6. The minimum Gasteiger partial charge on any atom is -0.494 e. The van der Waals surface area contributed by atoms with Crippen LogP contribution in [0.4, 0.5) is 0 Å². The zero-order valence-electron chi connectivity index (χ0n) is 23.5. The van der Waals surface area contributed by atoms with E-state index in [1.54, 1.807) is 0 Å². The number of hydrogen-bond donors (Lipinski definition) is 2. The molecule has 0 radical (unpaired) electrons. The van der Waals surface area contributed by atoms with Gasteiger partial charge in [0.05, 0.1) is 12.7 Å². The number of benzene rings is 1. The second-order valence-electron chi connectivity index (χ2n) is 13.5. The molecule has 5 rings (SSSR count). The van der Waals surface area contributed by atoms with Gasteiger partial charge in [0.1, 0.15) is 11.5 Å². The van der Waals surface area contributed by atoms with Crippen LogP contribution in [0.2, 0.25) is 0 Å². The molecule has 5 heteroatoms. The smallest absolute Gasteiger partial charge is 0.303 e. The second kappa shape index (κ2) is 11.3. The molecule has 0 aromatic heterocycles. The lowest BCUT2D eigenvalue weighted by Gasteiger charge is -2.62. The molecule has 1 aromatic rings. The van der Waals surface area contributed by atoms with E-state index < -0.39 is 5.97 Å². The molecule has 4 aliphatic carbocycles. The molecule has 8 atom stereocenters. The summed E-state index contributed by atoms with van der Waals surface area (Å²) in [6, 6.07) is 8.80. The molecule has 0 bridgehead atoms. The molecule has 1 aromatic carbocycles. The van der Waals surface area contributed by atoms with Gasteiger partial charge in [0.25, 0.3) is 0 Å². The van der Waals surface area contributed by atoms with Crippen LogP contribution >= 0.6 is 0 Å². The third kappa shape index (κ3) is 5.29. The van der Waals surface area contributed by atoms with Crippen molar-refractivity contribution in [2.24, 2.45) is 34.5 Å². The lowest BCUT2D eigenvalue weighted by Crippen LogP contribution is -2.56. The van der Waals surface area contributed by atoms with Crippen molar-refractivity contribution in [3.8, 4) is 5.75 Å². The number of aliphatic carboxylic acids is 1. The van der Waals surface area contributed by atoms with Crippen LogP contribution in [0.3, 0.4) is 0 Å². The topological polar surface area (TPSA) is 83.8 Å². The number of aliphatic hydroxyl groups is 1. The maximum atomic E-state index is 12.5. The standard InChI is InChI=1S/C33H48O5/c1-32-17-15-24(34)20-23(32)21-26(31-27-13-14-29(35)33(27,2)18-16-28(31)32)22-9-11-25(12-10-22)38-19-7-5-3-4-6-8-30(36)37/h9-12,23,26-29,31,35H,3-8,13-21H2,1-2H3,(H,36,37)/t23?,26?,27-,28+,29?,31-,32-,33-/m0/s1. The molecule has 38 heavy (non-hydrogen) atoms. The Bertz CT molecular complexity index is 988. The van der Waals surface area contributed by atoms with Crippen LogP contribution in [0, 0.1) is 34.5 Å². The summed E-state index contributed by atoms with van der Waals surface area (Å²) >= 11 is 0. The number of carbonyl (C=O) groups is 2. The number of carboxylic acid groups (broad SMARTS) is 1. The van der Waals surface area contributed by atoms with E-state index in [1.165, 1.54) is 12.0 Å². The van der Waals surface area contributed by atoms with Gasteiger partial charge in [0.15, 0.2) is 0 Å². The largest absolute Gasteiger partial charge is 0.494 e. The lowest BCUT2D eigenvalue weighted by atomic mass is 9.42. The van der Waals surface area contributed by atoms with Gasteiger partial charge < -0.3 is 14.9 Å². The first-order valence-corrected chi connectivity index (χ1v) is 15.4. The molecule has 0 aliphatic heterocycles. The highest BCUT2D eigenvalue weighted by Crippen LogP contribution is 2.68. The van der Waals surface area contributed by atoms with Gasteiger partial charge in [-0.2, -0.15) is 0 Å². The summed E-state index contributed by atoms with van der Waals surface area (Å²) < 4.78 is 6.04. The number of hydrogen-bond acceptors (Lipinski definition) is 4. The van der Waals surface area contributed by atoms with E-state index in [2.05, 4.69) is 38.1 Å². The zero-order valence-corrected chi connectivity index (χ0v) is 23.5. The van der Waals surface area contributed by atoms with Crippen LogP contribution in [-0.2, 0) is 9.59 Å². The molecule has 210 valence electrons. The van der Waals surface area contributed by atoms with Crippen molar-refractivity contribution in [3.63, 3.8) is 0 Å². The SMILES string of the molecule is C[C@]12CCC(=O)CC1CC(c1ccc(OCCCCCCCC(=O)O)cc1)[C@@H]1[C@H]2CC[C@]2(C)C(O)CC[C@@H]12. The molecule has 5 nitrogen and oxygen atoms in total. The predicted octanol–water partition coefficient (Wildman–Crippen LogP) is 7.16. The summed E-state index contributed by atoms with van der Waals surface area (Å²) in [5, 5.41) is 19.7. The Morgan fingerprint density at radius 1 is 0.947 bits per heavy atom. The van der Waals surface area contributed by atoms with Gasteiger partial charge in [0, 0.05) is 19.3 Å². The first-order chi connectivity index (χ1) is 18.2. The molecule has 2 N–H and O–H groups in total. The molecule has 0 amide bonds. The normalized spacial score (nSPS) is 38.2. The maximum Gasteiger partial charge on any atom is 0.303 e. The molecule has 0 spiro atoms. The van der Waals surface area contributed by atoms with Crippen LogP contribution in [0.1, 0.15) is 115 Å². The number of aliphatic hydroxyl groups excluding tert-OH is 1. The molecule has 3 unspecified atom stereocenters. The lowest BCUT2D eigenvalue weighted by molar-refractivity contribution is -0.146. The molecule has 4 aliphatic rings. The van der Waals surface area contributed by atoms with Crippen molar-refractivity contribution in [3.05, 3.63) is 29.8 Å². The van der Waals surface area contributed by atoms with Crippen LogP contribution < -0.4 is 4.74 Å². The highest BCUT2D eigenvalue weighted by Gasteiger charge is 2.62. The van der Waals surface area contributed by atoms with Gasteiger partial charge >= 0.3 is 5.97 Å². The van der Waals surface area contributed by atoms with E-state index in [1.807, 2.05) is 0 Å². The summed E-state index contributed by atoms with van der Waals surface area (Å²) in [5.41, 5.74) is 1.67. The number of fused-ring (bicyclic) bond motifs is 5. The predicted molar refractivity (Wildman–Crippen MR) is 148 cm³/mol. The fourth-order valence-electron chi connectivity index (χ4n) is 9.29. The van der Waals surface area contributed by atoms with Gasteiger partial charge in [-0.1, -0.05) is 45.2 Å². The van der Waals surface area contributed by atoms with Crippen molar-refractivity contribution >= 4 is 11.8 Å². The number of carboxylic acids is 1. The molecule has 0 saturated heterocycles. The van der Waals surface area contributed by atoms with Crippen molar-refractivity contribution in [1.29, 1.82) is 0 Å². The first-order valence-electron chi connectivity index (χ1n) is 15.4. The summed E-state index contributed by atoms with van der Waals surface area (Å²) in [6.07, 6.45) is 12.9. The van der Waals surface area contributed by atoms with E-state index in [4.69, 9.17) is 9.84 Å². The van der Waals surface area contributed by atoms with Crippen molar-refractivity contribution in [2.75, 3.05) is 6.61 Å². The van der Waals surface area contributed by atoms with Gasteiger partial charge in [-0.15, -0.1) is 0 Å². The molecular weight excluding hydrogens is 476 g/mol. The Kier molecular flexibility index (Phi) is 8.24. The Labute approximate surface area is 228 Å². The number of ketones is 1. The Morgan fingerprint density at radius 3 is 2.42 bits per heavy atom. The quantitative estimate of drug-likeness (QED) is 0.317. The zero-order chi connectivity index (χ0) is 26.9.